The van der Waals surface area contributed by atoms with E-state index in [1.165, 1.54) is 154 Å². The molecule has 16 rings (SSSR count). The molecule has 12 fully saturated rings. The molecule has 0 amide bonds. The highest BCUT2D eigenvalue weighted by Gasteiger charge is 2.66. The van der Waals surface area contributed by atoms with Gasteiger partial charge >= 0.3 is 17.9 Å². The van der Waals surface area contributed by atoms with Crippen molar-refractivity contribution in [1.29, 1.82) is 0 Å². The smallest absolute Gasteiger partial charge is 0.317 e. The van der Waals surface area contributed by atoms with Gasteiger partial charge in [-0.3, -0.25) is 33.6 Å². The normalized spacial score (nSPS) is 44.0. The molecule has 17 unspecified atom stereocenters. The molecule has 0 bridgehead atoms. The number of fused-ring (bicyclic) bond motifs is 20. The Bertz CT molecular complexity index is 4040. The second kappa shape index (κ2) is 34.6. The molecular formula is C107H160O10. The lowest BCUT2D eigenvalue weighted by atomic mass is 9.45. The highest BCUT2D eigenvalue weighted by atomic mass is 16.5. The lowest BCUT2D eigenvalue weighted by Crippen LogP contribution is -2.51. The number of ketones is 4. The van der Waals surface area contributed by atoms with Gasteiger partial charge in [-0.25, -0.2) is 0 Å². The lowest BCUT2D eigenvalue weighted by molar-refractivity contribution is -0.156. The Hall–Kier alpha value is -4.99. The molecule has 0 spiro atoms. The van der Waals surface area contributed by atoms with Crippen LogP contribution in [0.25, 0.3) is 0 Å². The van der Waals surface area contributed by atoms with E-state index in [-0.39, 0.29) is 57.1 Å². The van der Waals surface area contributed by atoms with Gasteiger partial charge in [-0.1, -0.05) is 147 Å². The van der Waals surface area contributed by atoms with Crippen LogP contribution >= 0.6 is 0 Å². The van der Waals surface area contributed by atoms with Gasteiger partial charge in [0.25, 0.3) is 0 Å². The zero-order valence-corrected chi connectivity index (χ0v) is 77.0. The first-order valence-electron chi connectivity index (χ1n) is 48.6. The first kappa shape index (κ1) is 89.8. The van der Waals surface area contributed by atoms with Crippen molar-refractivity contribution < 1.29 is 48.5 Å². The third kappa shape index (κ3) is 15.6. The van der Waals surface area contributed by atoms with E-state index in [1.807, 2.05) is 38.2 Å². The predicted octanol–water partition coefficient (Wildman–Crippen LogP) is 26.3. The number of ether oxygens (including phenoxy) is 1. The van der Waals surface area contributed by atoms with Gasteiger partial charge in [-0.15, -0.1) is 0 Å². The van der Waals surface area contributed by atoms with E-state index in [9.17, 15) is 43.8 Å². The molecule has 0 heterocycles. The molecule has 10 nitrogen and oxygen atoms in total. The molecular weight excluding hydrogens is 1450 g/mol. The second-order valence-electron chi connectivity index (χ2n) is 44.7. The molecule has 648 valence electrons. The van der Waals surface area contributed by atoms with Gasteiger partial charge in [0.1, 0.15) is 0 Å². The number of allylic oxidation sites excluding steroid dienone is 12. The van der Waals surface area contributed by atoms with Crippen LogP contribution < -0.4 is 0 Å². The van der Waals surface area contributed by atoms with Crippen LogP contribution in [0.15, 0.2) is 93.2 Å². The van der Waals surface area contributed by atoms with Crippen LogP contribution in [0.5, 0.6) is 0 Å². The number of aliphatic carboxylic acids is 2. The Kier molecular flexibility index (Phi) is 26.6. The Morgan fingerprint density at radius 1 is 0.385 bits per heavy atom. The third-order valence-electron chi connectivity index (χ3n) is 39.9. The summed E-state index contributed by atoms with van der Waals surface area (Å²) in [7, 11) is 0. The van der Waals surface area contributed by atoms with Crippen LogP contribution in [-0.4, -0.2) is 57.9 Å². The quantitative estimate of drug-likeness (QED) is 0.119. The third-order valence-corrected chi connectivity index (χ3v) is 39.9. The topological polar surface area (TPSA) is 169 Å². The van der Waals surface area contributed by atoms with Crippen molar-refractivity contribution in [2.24, 2.45) is 174 Å². The Balaban J connectivity index is 0.000000136. The van der Waals surface area contributed by atoms with E-state index in [2.05, 4.69) is 149 Å². The van der Waals surface area contributed by atoms with Gasteiger partial charge in [0.15, 0.2) is 29.1 Å². The van der Waals surface area contributed by atoms with E-state index >= 15 is 0 Å². The van der Waals surface area contributed by atoms with Crippen LogP contribution in [0.1, 0.15) is 350 Å². The zero-order chi connectivity index (χ0) is 84.8. The summed E-state index contributed by atoms with van der Waals surface area (Å²) < 4.78 is 5.29. The highest BCUT2D eigenvalue weighted by molar-refractivity contribution is 5.95. The van der Waals surface area contributed by atoms with Crippen molar-refractivity contribution in [3.05, 3.63) is 93.2 Å². The number of hydrogen-bond acceptors (Lipinski definition) is 8. The molecule has 29 atom stereocenters. The van der Waals surface area contributed by atoms with Crippen molar-refractivity contribution in [1.82, 2.24) is 0 Å². The minimum atomic E-state index is -1.32. The summed E-state index contributed by atoms with van der Waals surface area (Å²) in [5.74, 6) is 11.7. The van der Waals surface area contributed by atoms with Crippen molar-refractivity contribution in [3.8, 4) is 0 Å². The van der Waals surface area contributed by atoms with Crippen molar-refractivity contribution in [2.75, 3.05) is 6.61 Å². The van der Waals surface area contributed by atoms with Crippen molar-refractivity contribution in [3.63, 3.8) is 0 Å². The van der Waals surface area contributed by atoms with Crippen molar-refractivity contribution >= 4 is 41.0 Å². The number of carbonyl (C=O) groups is 7. The summed E-state index contributed by atoms with van der Waals surface area (Å²) in [6.45, 7) is 47.3. The van der Waals surface area contributed by atoms with Crippen LogP contribution in [0, 0.1) is 174 Å². The van der Waals surface area contributed by atoms with Gasteiger partial charge in [0, 0.05) is 25.7 Å². The summed E-state index contributed by atoms with van der Waals surface area (Å²) in [4.78, 5) is 84.1. The lowest BCUT2D eigenvalue weighted by Gasteiger charge is -2.59. The van der Waals surface area contributed by atoms with E-state index in [0.29, 0.717) is 94.5 Å². The van der Waals surface area contributed by atoms with Crippen LogP contribution in [0.4, 0.5) is 0 Å². The largest absolute Gasteiger partial charge is 0.481 e. The monoisotopic (exact) mass is 1610 g/mol. The number of carboxylic acid groups (broad SMARTS) is 2. The maximum absolute atomic E-state index is 12.3. The first-order chi connectivity index (χ1) is 55.4. The van der Waals surface area contributed by atoms with E-state index in [1.54, 1.807) is 0 Å². The van der Waals surface area contributed by atoms with Gasteiger partial charge in [-0.05, 0) is 432 Å². The Morgan fingerprint density at radius 3 is 0.915 bits per heavy atom. The minimum absolute atomic E-state index is 0.0142. The maximum atomic E-state index is 12.3. The predicted molar refractivity (Wildman–Crippen MR) is 473 cm³/mol. The SMILES string of the molecule is C/C=C1/CC2C3CCC([C@H](C)CC(C(=O)O)C(=O)O)[C@@]3(C)CCC2[C@@]2(C)CCC(=O)C=C12.C/C=C1/CC2C3CCC([C@H](C)CC(C)C(=O)OCC)[C@@]3(C)CCC2[C@@]2(C)CCC(=O)C=C12.C/C=C1/CC2C3CCC([C@H](C)CC)[C@@]3(C)CCC2[C@@]2(C)CCC(=O)C=C12.C/C=C1/CC2C3CCC([C@H](C)CCC)[C@@]3(C)CCC2[C@@]2(C)CCC(=O)C=C12. The molecule has 0 aromatic carbocycles. The van der Waals surface area contributed by atoms with Crippen LogP contribution in [0.2, 0.25) is 0 Å². The average molecular weight is 1610 g/mol. The molecule has 2 N–H and O–H groups in total. The molecule has 0 saturated heterocycles. The minimum Gasteiger partial charge on any atom is -0.481 e. The maximum Gasteiger partial charge on any atom is 0.317 e. The molecule has 16 aliphatic carbocycles. The Morgan fingerprint density at radius 2 is 0.658 bits per heavy atom. The number of esters is 1. The fraction of sp³-hybridized carbons (Fsp3) is 0.785. The standard InChI is InChI=1S/C29H44O3.C27H38O5.C26H40O.C25H38O/c1-7-20-16-22-24-10-9-23(18(3)15-19(4)27(31)32-8-2)28(24,5)14-12-25(22)29(6)13-11-21(30)17-26(20)29;1-5-16-13-18-21-7-6-20(15(2)12-19(24(29)30)25(31)32)26(21,3)11-9-22(18)27(4)10-8-17(28)14-23(16)27;1-6-8-17(3)21-9-10-22-20-15-18(7-2)24-16-19(27)11-13-26(24,5)23(20)12-14-25(21,22)4;1-6-16(3)20-8-9-21-19-14-17(7-2)23-15-18(26)10-12-25(23,5)22(19)11-13-24(20,21)4/h7,17-19,22-25H,8-16H2,1-6H3;5,14-15,18-22H,6-13H2,1-4H3,(H,29,30)(H,31,32);7,16-17,20-23H,6,8-15H2,1-5H3;7,15-16,19-22H,6,8-14H2,1-5H3/b20-7-;16-5-;18-7-;17-7-/t18-,19?,22?,23?,24?,25?,28-,29-;15-,18?,20?,21?,22?,26-,27-;17-,20?,21?,22?,23?,25-,26-;16-,19?,20?,21?,22?,24-,25-/m1111/s1. The van der Waals surface area contributed by atoms with Crippen molar-refractivity contribution in [2.45, 2.75) is 350 Å². The highest BCUT2D eigenvalue weighted by Crippen LogP contribution is 2.74. The van der Waals surface area contributed by atoms with E-state index in [4.69, 9.17) is 4.74 Å². The summed E-state index contributed by atoms with van der Waals surface area (Å²) >= 11 is 0. The molecule has 12 saturated carbocycles. The molecule has 117 heavy (non-hydrogen) atoms. The molecule has 0 aliphatic heterocycles. The van der Waals surface area contributed by atoms with Gasteiger partial charge in [0.05, 0.1) is 12.5 Å². The summed E-state index contributed by atoms with van der Waals surface area (Å²) in [6, 6.07) is 0. The number of carbonyl (C=O) groups excluding carboxylic acids is 5. The van der Waals surface area contributed by atoms with Gasteiger partial charge in [0.2, 0.25) is 0 Å². The number of carboxylic acids is 2. The second-order valence-corrected chi connectivity index (χ2v) is 44.7. The van der Waals surface area contributed by atoms with Gasteiger partial charge < -0.3 is 14.9 Å². The first-order valence-corrected chi connectivity index (χ1v) is 48.6. The molecule has 0 radical (unpaired) electrons. The molecule has 16 aliphatic rings. The molecule has 10 heteroatoms. The summed E-state index contributed by atoms with van der Waals surface area (Å²) in [5, 5.41) is 18.8. The number of rotatable bonds is 15. The summed E-state index contributed by atoms with van der Waals surface area (Å²) in [5.41, 5.74) is 13.6. The fourth-order valence-corrected chi connectivity index (χ4v) is 33.8. The summed E-state index contributed by atoms with van der Waals surface area (Å²) in [6.07, 6.45) is 55.0. The van der Waals surface area contributed by atoms with E-state index < -0.39 is 17.9 Å². The fourth-order valence-electron chi connectivity index (χ4n) is 33.8. The zero-order valence-electron chi connectivity index (χ0n) is 77.0. The molecule has 0 aromatic rings. The average Bonchev–Trinajstić information content (AvgIpc) is 1.70. The number of hydrogen-bond donors (Lipinski definition) is 2. The Labute approximate surface area is 709 Å². The molecule has 0 aromatic heterocycles. The van der Waals surface area contributed by atoms with E-state index in [0.717, 1.165) is 154 Å². The van der Waals surface area contributed by atoms with Gasteiger partial charge in [-0.2, -0.15) is 0 Å². The van der Waals surface area contributed by atoms with Crippen LogP contribution in [-0.2, 0) is 38.3 Å². The van der Waals surface area contributed by atoms with Crippen LogP contribution in [0.3, 0.4) is 0 Å².